The van der Waals surface area contributed by atoms with Crippen LogP contribution in [0.1, 0.15) is 33.1 Å². The molecule has 4 heteroatoms. The smallest absolute Gasteiger partial charge is 0.234 e. The van der Waals surface area contributed by atoms with Gasteiger partial charge in [0.1, 0.15) is 0 Å². The van der Waals surface area contributed by atoms with Crippen molar-refractivity contribution in [3.05, 3.63) is 0 Å². The van der Waals surface area contributed by atoms with Crippen molar-refractivity contribution in [2.24, 2.45) is 11.3 Å². The number of nitrogens with one attached hydrogen (secondary N) is 2. The standard InChI is InChI=1S/C13H24N2O2/c1-13(2)7-10(13)8-14-9-12(16)15-11-3-5-17-6-4-11/h10-11,14H,3-9H2,1-2H3,(H,15,16). The summed E-state index contributed by atoms with van der Waals surface area (Å²) in [5.74, 6) is 0.869. The van der Waals surface area contributed by atoms with Crippen molar-refractivity contribution < 1.29 is 9.53 Å². The van der Waals surface area contributed by atoms with Gasteiger partial charge in [0.15, 0.2) is 0 Å². The maximum absolute atomic E-state index is 11.7. The SMILES string of the molecule is CC1(C)CC1CNCC(=O)NC1CCOCC1. The van der Waals surface area contributed by atoms with E-state index in [-0.39, 0.29) is 5.91 Å². The summed E-state index contributed by atoms with van der Waals surface area (Å²) in [6.07, 6.45) is 3.17. The minimum Gasteiger partial charge on any atom is -0.381 e. The fourth-order valence-corrected chi connectivity index (χ4v) is 2.41. The first kappa shape index (κ1) is 12.8. The van der Waals surface area contributed by atoms with Gasteiger partial charge in [0.25, 0.3) is 0 Å². The summed E-state index contributed by atoms with van der Waals surface area (Å²) in [5, 5.41) is 6.30. The molecule has 0 bridgehead atoms. The molecule has 0 radical (unpaired) electrons. The van der Waals surface area contributed by atoms with E-state index in [1.54, 1.807) is 0 Å². The van der Waals surface area contributed by atoms with Crippen LogP contribution in [0, 0.1) is 11.3 Å². The molecular formula is C13H24N2O2. The topological polar surface area (TPSA) is 50.4 Å². The minimum absolute atomic E-state index is 0.121. The van der Waals surface area contributed by atoms with Crippen molar-refractivity contribution >= 4 is 5.91 Å². The largest absolute Gasteiger partial charge is 0.381 e. The zero-order chi connectivity index (χ0) is 12.3. The minimum atomic E-state index is 0.121. The summed E-state index contributed by atoms with van der Waals surface area (Å²) in [7, 11) is 0. The Morgan fingerprint density at radius 1 is 1.35 bits per heavy atom. The molecule has 0 spiro atoms. The monoisotopic (exact) mass is 240 g/mol. The van der Waals surface area contributed by atoms with Crippen molar-refractivity contribution in [2.45, 2.75) is 39.2 Å². The zero-order valence-corrected chi connectivity index (χ0v) is 10.9. The molecule has 0 aromatic heterocycles. The van der Waals surface area contributed by atoms with Crippen molar-refractivity contribution in [3.63, 3.8) is 0 Å². The number of carbonyl (C=O) groups excluding carboxylic acids is 1. The molecule has 98 valence electrons. The van der Waals surface area contributed by atoms with Crippen LogP contribution in [0.5, 0.6) is 0 Å². The summed E-state index contributed by atoms with van der Waals surface area (Å²) in [6, 6.07) is 0.315. The van der Waals surface area contributed by atoms with Crippen LogP contribution in [0.25, 0.3) is 0 Å². The average Bonchev–Trinajstić information content (AvgIpc) is 2.88. The molecule has 1 aliphatic heterocycles. The van der Waals surface area contributed by atoms with E-state index in [1.807, 2.05) is 0 Å². The van der Waals surface area contributed by atoms with E-state index in [0.29, 0.717) is 18.0 Å². The van der Waals surface area contributed by atoms with Crippen LogP contribution in [0.3, 0.4) is 0 Å². The average molecular weight is 240 g/mol. The Morgan fingerprint density at radius 3 is 2.59 bits per heavy atom. The summed E-state index contributed by atoms with van der Waals surface area (Å²) in [6.45, 7) is 7.52. The number of hydrogen-bond acceptors (Lipinski definition) is 3. The zero-order valence-electron chi connectivity index (χ0n) is 10.9. The lowest BCUT2D eigenvalue weighted by Gasteiger charge is -2.23. The quantitative estimate of drug-likeness (QED) is 0.751. The highest BCUT2D eigenvalue weighted by molar-refractivity contribution is 5.78. The molecule has 2 aliphatic rings. The summed E-state index contributed by atoms with van der Waals surface area (Å²) < 4.78 is 5.26. The molecular weight excluding hydrogens is 216 g/mol. The van der Waals surface area contributed by atoms with Gasteiger partial charge in [-0.2, -0.15) is 0 Å². The maximum atomic E-state index is 11.7. The summed E-state index contributed by atoms with van der Waals surface area (Å²) in [5.41, 5.74) is 0.490. The Balaban J connectivity index is 1.54. The Hall–Kier alpha value is -0.610. The molecule has 1 saturated carbocycles. The van der Waals surface area contributed by atoms with E-state index in [1.165, 1.54) is 6.42 Å². The highest BCUT2D eigenvalue weighted by Crippen LogP contribution is 2.50. The van der Waals surface area contributed by atoms with E-state index >= 15 is 0 Å². The molecule has 1 atom stereocenters. The fourth-order valence-electron chi connectivity index (χ4n) is 2.41. The second-order valence-corrected chi connectivity index (χ2v) is 5.97. The van der Waals surface area contributed by atoms with Gasteiger partial charge in [0.05, 0.1) is 6.54 Å². The Bertz CT molecular complexity index is 273. The Kier molecular flexibility index (Phi) is 4.05. The molecule has 1 aliphatic carbocycles. The van der Waals surface area contributed by atoms with E-state index in [2.05, 4.69) is 24.5 Å². The molecule has 2 N–H and O–H groups in total. The highest BCUT2D eigenvalue weighted by atomic mass is 16.5. The molecule has 2 rings (SSSR count). The third kappa shape index (κ3) is 3.96. The number of carbonyl (C=O) groups is 1. The van der Waals surface area contributed by atoms with Gasteiger partial charge in [-0.15, -0.1) is 0 Å². The molecule has 1 heterocycles. The van der Waals surface area contributed by atoms with Crippen molar-refractivity contribution in [1.29, 1.82) is 0 Å². The maximum Gasteiger partial charge on any atom is 0.234 e. The van der Waals surface area contributed by atoms with Crippen LogP contribution < -0.4 is 10.6 Å². The van der Waals surface area contributed by atoms with Crippen LogP contribution in [-0.4, -0.2) is 38.3 Å². The Labute approximate surface area is 103 Å². The van der Waals surface area contributed by atoms with Crippen molar-refractivity contribution in [2.75, 3.05) is 26.3 Å². The van der Waals surface area contributed by atoms with Gasteiger partial charge in [0, 0.05) is 19.3 Å². The Morgan fingerprint density at radius 2 is 2.00 bits per heavy atom. The fraction of sp³-hybridized carbons (Fsp3) is 0.923. The lowest BCUT2D eigenvalue weighted by atomic mass is 10.1. The van der Waals surface area contributed by atoms with Gasteiger partial charge in [-0.25, -0.2) is 0 Å². The summed E-state index contributed by atoms with van der Waals surface area (Å²) >= 11 is 0. The highest BCUT2D eigenvalue weighted by Gasteiger charge is 2.44. The van der Waals surface area contributed by atoms with E-state index in [4.69, 9.17) is 4.74 Å². The second kappa shape index (κ2) is 5.36. The molecule has 1 amide bonds. The van der Waals surface area contributed by atoms with E-state index < -0.39 is 0 Å². The number of hydrogen-bond donors (Lipinski definition) is 2. The molecule has 1 unspecified atom stereocenters. The number of ether oxygens (including phenoxy) is 1. The third-order valence-electron chi connectivity index (χ3n) is 3.98. The van der Waals surface area contributed by atoms with Crippen molar-refractivity contribution in [3.8, 4) is 0 Å². The van der Waals surface area contributed by atoms with Gasteiger partial charge >= 0.3 is 0 Å². The molecule has 4 nitrogen and oxygen atoms in total. The van der Waals surface area contributed by atoms with Crippen LogP contribution in [0.15, 0.2) is 0 Å². The van der Waals surface area contributed by atoms with Gasteiger partial charge in [-0.1, -0.05) is 13.8 Å². The van der Waals surface area contributed by atoms with E-state index in [9.17, 15) is 4.79 Å². The second-order valence-electron chi connectivity index (χ2n) is 5.97. The van der Waals surface area contributed by atoms with Crippen molar-refractivity contribution in [1.82, 2.24) is 10.6 Å². The number of amides is 1. The van der Waals surface area contributed by atoms with E-state index in [0.717, 1.165) is 38.5 Å². The van der Waals surface area contributed by atoms with Crippen LogP contribution in [0.2, 0.25) is 0 Å². The lowest BCUT2D eigenvalue weighted by molar-refractivity contribution is -0.121. The molecule has 0 aromatic rings. The molecule has 2 fully saturated rings. The first-order valence-electron chi connectivity index (χ1n) is 6.66. The first-order chi connectivity index (χ1) is 8.08. The predicted octanol–water partition coefficient (Wildman–Crippen LogP) is 0.917. The van der Waals surface area contributed by atoms with Gasteiger partial charge in [0.2, 0.25) is 5.91 Å². The first-order valence-corrected chi connectivity index (χ1v) is 6.66. The molecule has 1 saturated heterocycles. The number of rotatable bonds is 5. The normalized spacial score (nSPS) is 27.8. The predicted molar refractivity (Wildman–Crippen MR) is 66.7 cm³/mol. The molecule has 0 aromatic carbocycles. The van der Waals surface area contributed by atoms with Crippen LogP contribution in [0.4, 0.5) is 0 Å². The third-order valence-corrected chi connectivity index (χ3v) is 3.98. The molecule has 17 heavy (non-hydrogen) atoms. The van der Waals surface area contributed by atoms with Gasteiger partial charge in [-0.05, 0) is 37.1 Å². The lowest BCUT2D eigenvalue weighted by Crippen LogP contribution is -2.43. The van der Waals surface area contributed by atoms with Crippen LogP contribution >= 0.6 is 0 Å². The van der Waals surface area contributed by atoms with Gasteiger partial charge < -0.3 is 15.4 Å². The van der Waals surface area contributed by atoms with Gasteiger partial charge in [-0.3, -0.25) is 4.79 Å². The van der Waals surface area contributed by atoms with Crippen LogP contribution in [-0.2, 0) is 9.53 Å². The summed E-state index contributed by atoms with van der Waals surface area (Å²) in [4.78, 5) is 11.7.